The highest BCUT2D eigenvalue weighted by Crippen LogP contribution is 2.17. The molecule has 0 fully saturated rings. The normalized spacial score (nSPS) is 10.7. The highest BCUT2D eigenvalue weighted by atomic mass is 16.1. The lowest BCUT2D eigenvalue weighted by Gasteiger charge is -2.11. The summed E-state index contributed by atoms with van der Waals surface area (Å²) in [7, 11) is 3.84. The number of anilines is 1. The van der Waals surface area contributed by atoms with Gasteiger partial charge >= 0.3 is 0 Å². The van der Waals surface area contributed by atoms with Crippen molar-refractivity contribution in [1.82, 2.24) is 20.3 Å². The molecule has 0 aliphatic heterocycles. The van der Waals surface area contributed by atoms with Crippen LogP contribution in [0.3, 0.4) is 0 Å². The van der Waals surface area contributed by atoms with Crippen LogP contribution in [0.2, 0.25) is 0 Å². The molecule has 3 rings (SSSR count). The summed E-state index contributed by atoms with van der Waals surface area (Å²) in [5.74, 6) is 1.37. The predicted molar refractivity (Wildman–Crippen MR) is 90.2 cm³/mol. The molecule has 0 saturated heterocycles. The second kappa shape index (κ2) is 6.48. The van der Waals surface area contributed by atoms with Crippen molar-refractivity contribution in [2.45, 2.75) is 13.0 Å². The zero-order valence-electron chi connectivity index (χ0n) is 13.2. The lowest BCUT2D eigenvalue weighted by atomic mass is 10.1. The summed E-state index contributed by atoms with van der Waals surface area (Å²) < 4.78 is 0. The summed E-state index contributed by atoms with van der Waals surface area (Å²) in [6.45, 7) is 0.322. The maximum atomic E-state index is 12.2. The average molecular weight is 309 g/mol. The summed E-state index contributed by atoms with van der Waals surface area (Å²) in [4.78, 5) is 25.8. The van der Waals surface area contributed by atoms with Crippen molar-refractivity contribution in [2.24, 2.45) is 0 Å². The number of hydrogen-bond acceptors (Lipinski definition) is 4. The molecule has 0 spiro atoms. The van der Waals surface area contributed by atoms with E-state index in [1.807, 2.05) is 55.5 Å². The van der Waals surface area contributed by atoms with E-state index >= 15 is 0 Å². The Kier molecular flexibility index (Phi) is 4.23. The number of nitrogens with zero attached hydrogens (tertiary/aromatic N) is 3. The smallest absolute Gasteiger partial charge is 0.224 e. The van der Waals surface area contributed by atoms with Gasteiger partial charge in [-0.05, 0) is 17.7 Å². The maximum absolute atomic E-state index is 12.2. The first-order valence-electron chi connectivity index (χ1n) is 7.44. The summed E-state index contributed by atoms with van der Waals surface area (Å²) in [5.41, 5.74) is 2.03. The number of nitrogens with one attached hydrogen (secondary N) is 2. The number of fused-ring (bicyclic) bond motifs is 1. The molecule has 0 aliphatic carbocycles. The van der Waals surface area contributed by atoms with Gasteiger partial charge in [-0.1, -0.05) is 18.2 Å². The first kappa shape index (κ1) is 15.0. The molecular weight excluding hydrogens is 290 g/mol. The Bertz CT molecular complexity index is 824. The Balaban J connectivity index is 1.63. The molecule has 2 N–H and O–H groups in total. The Labute approximate surface area is 134 Å². The molecule has 0 atom stereocenters. The standard InChI is InChI=1S/C17H19N5O/c1-22(2)16-7-8-18-15(21-16)11-20-17(23)9-12-10-19-14-6-4-3-5-13(12)14/h3-8,10,19H,9,11H2,1-2H3,(H,20,23). The molecule has 1 amide bonds. The second-order valence-electron chi connectivity index (χ2n) is 5.54. The Morgan fingerprint density at radius 3 is 2.91 bits per heavy atom. The van der Waals surface area contributed by atoms with Crippen LogP contribution in [-0.2, 0) is 17.8 Å². The van der Waals surface area contributed by atoms with Crippen molar-refractivity contribution in [3.63, 3.8) is 0 Å². The van der Waals surface area contributed by atoms with Crippen LogP contribution in [0.1, 0.15) is 11.4 Å². The van der Waals surface area contributed by atoms with Crippen molar-refractivity contribution in [3.8, 4) is 0 Å². The van der Waals surface area contributed by atoms with Crippen molar-refractivity contribution < 1.29 is 4.79 Å². The van der Waals surface area contributed by atoms with Gasteiger partial charge in [-0.25, -0.2) is 9.97 Å². The minimum Gasteiger partial charge on any atom is -0.363 e. The lowest BCUT2D eigenvalue weighted by Crippen LogP contribution is -2.25. The number of amides is 1. The fraction of sp³-hybridized carbons (Fsp3) is 0.235. The zero-order valence-corrected chi connectivity index (χ0v) is 13.2. The third-order valence-electron chi connectivity index (χ3n) is 3.62. The number of para-hydroxylation sites is 1. The number of benzene rings is 1. The molecule has 0 unspecified atom stereocenters. The minimum atomic E-state index is -0.0476. The molecular formula is C17H19N5O. The first-order chi connectivity index (χ1) is 11.1. The van der Waals surface area contributed by atoms with E-state index in [-0.39, 0.29) is 5.91 Å². The van der Waals surface area contributed by atoms with Gasteiger partial charge in [0, 0.05) is 37.4 Å². The fourth-order valence-corrected chi connectivity index (χ4v) is 2.41. The molecule has 1 aromatic carbocycles. The monoisotopic (exact) mass is 309 g/mol. The van der Waals surface area contributed by atoms with E-state index in [0.717, 1.165) is 22.3 Å². The van der Waals surface area contributed by atoms with Gasteiger partial charge in [0.15, 0.2) is 0 Å². The number of hydrogen-bond donors (Lipinski definition) is 2. The van der Waals surface area contributed by atoms with Gasteiger partial charge < -0.3 is 15.2 Å². The van der Waals surface area contributed by atoms with Crippen LogP contribution in [0.15, 0.2) is 42.7 Å². The Morgan fingerprint density at radius 2 is 2.09 bits per heavy atom. The SMILES string of the molecule is CN(C)c1ccnc(CNC(=O)Cc2c[nH]c3ccccc23)n1. The van der Waals surface area contributed by atoms with E-state index in [4.69, 9.17) is 0 Å². The van der Waals surface area contributed by atoms with Crippen LogP contribution in [-0.4, -0.2) is 35.0 Å². The zero-order chi connectivity index (χ0) is 16.2. The molecule has 2 heterocycles. The van der Waals surface area contributed by atoms with Gasteiger partial charge in [0.05, 0.1) is 13.0 Å². The maximum Gasteiger partial charge on any atom is 0.224 e. The number of aromatic nitrogens is 3. The van der Waals surface area contributed by atoms with Crippen LogP contribution in [0, 0.1) is 0 Å². The van der Waals surface area contributed by atoms with Gasteiger partial charge in [0.2, 0.25) is 5.91 Å². The minimum absolute atomic E-state index is 0.0476. The molecule has 6 nitrogen and oxygen atoms in total. The van der Waals surface area contributed by atoms with Gasteiger partial charge in [-0.3, -0.25) is 4.79 Å². The largest absolute Gasteiger partial charge is 0.363 e. The molecule has 2 aromatic heterocycles. The quantitative estimate of drug-likeness (QED) is 0.755. The fourth-order valence-electron chi connectivity index (χ4n) is 2.41. The average Bonchev–Trinajstić information content (AvgIpc) is 2.96. The summed E-state index contributed by atoms with van der Waals surface area (Å²) >= 11 is 0. The Morgan fingerprint density at radius 1 is 1.26 bits per heavy atom. The molecule has 6 heteroatoms. The van der Waals surface area contributed by atoms with Crippen LogP contribution in [0.25, 0.3) is 10.9 Å². The van der Waals surface area contributed by atoms with Crippen molar-refractivity contribution >= 4 is 22.6 Å². The van der Waals surface area contributed by atoms with Crippen LogP contribution < -0.4 is 10.2 Å². The van der Waals surface area contributed by atoms with Gasteiger partial charge in [-0.2, -0.15) is 0 Å². The highest BCUT2D eigenvalue weighted by Gasteiger charge is 2.09. The number of H-pyrrole nitrogens is 1. The molecule has 3 aromatic rings. The molecule has 0 saturated carbocycles. The molecule has 0 bridgehead atoms. The number of carbonyl (C=O) groups excluding carboxylic acids is 1. The number of aromatic amines is 1. The molecule has 118 valence electrons. The van der Waals surface area contributed by atoms with E-state index in [2.05, 4.69) is 20.3 Å². The van der Waals surface area contributed by atoms with Gasteiger partial charge in [0.25, 0.3) is 0 Å². The molecule has 23 heavy (non-hydrogen) atoms. The van der Waals surface area contributed by atoms with E-state index < -0.39 is 0 Å². The van der Waals surface area contributed by atoms with Gasteiger partial charge in [-0.15, -0.1) is 0 Å². The first-order valence-corrected chi connectivity index (χ1v) is 7.44. The van der Waals surface area contributed by atoms with Crippen molar-refractivity contribution in [3.05, 3.63) is 54.1 Å². The highest BCUT2D eigenvalue weighted by molar-refractivity contribution is 5.88. The van der Waals surface area contributed by atoms with Crippen LogP contribution in [0.4, 0.5) is 5.82 Å². The number of carbonyl (C=O) groups is 1. The van der Waals surface area contributed by atoms with Crippen molar-refractivity contribution in [1.29, 1.82) is 0 Å². The molecule has 0 aliphatic rings. The molecule has 0 radical (unpaired) electrons. The van der Waals surface area contributed by atoms with E-state index in [0.29, 0.717) is 18.8 Å². The van der Waals surface area contributed by atoms with Crippen LogP contribution in [0.5, 0.6) is 0 Å². The number of rotatable bonds is 5. The second-order valence-corrected chi connectivity index (χ2v) is 5.54. The van der Waals surface area contributed by atoms with E-state index in [1.165, 1.54) is 0 Å². The van der Waals surface area contributed by atoms with Crippen molar-refractivity contribution in [2.75, 3.05) is 19.0 Å². The van der Waals surface area contributed by atoms with Crippen LogP contribution >= 0.6 is 0 Å². The summed E-state index contributed by atoms with van der Waals surface area (Å²) in [5, 5.41) is 3.95. The predicted octanol–water partition coefficient (Wildman–Crippen LogP) is 1.88. The van der Waals surface area contributed by atoms with E-state index in [1.54, 1.807) is 6.20 Å². The van der Waals surface area contributed by atoms with Gasteiger partial charge in [0.1, 0.15) is 11.6 Å². The lowest BCUT2D eigenvalue weighted by molar-refractivity contribution is -0.120. The summed E-state index contributed by atoms with van der Waals surface area (Å²) in [6.07, 6.45) is 3.91. The third kappa shape index (κ3) is 3.48. The third-order valence-corrected chi connectivity index (χ3v) is 3.62. The summed E-state index contributed by atoms with van der Waals surface area (Å²) in [6, 6.07) is 9.78. The Hall–Kier alpha value is -2.89. The van der Waals surface area contributed by atoms with E-state index in [9.17, 15) is 4.79 Å². The topological polar surface area (TPSA) is 73.9 Å².